The SMILES string of the molecule is COc1ccc(C(=O)Nc2ccc(Nc3cc(C)nc(N4CCCCC4)n3)cc2)cc1. The zero-order valence-corrected chi connectivity index (χ0v) is 17.9. The summed E-state index contributed by atoms with van der Waals surface area (Å²) in [6, 6.07) is 16.5. The maximum Gasteiger partial charge on any atom is 0.255 e. The second-order valence-corrected chi connectivity index (χ2v) is 7.63. The van der Waals surface area contributed by atoms with Crippen molar-refractivity contribution in [1.82, 2.24) is 9.97 Å². The molecular weight excluding hydrogens is 390 g/mol. The van der Waals surface area contributed by atoms with Crippen LogP contribution in [-0.4, -0.2) is 36.1 Å². The molecule has 2 N–H and O–H groups in total. The van der Waals surface area contributed by atoms with E-state index in [1.54, 1.807) is 31.4 Å². The number of ether oxygens (including phenoxy) is 1. The molecule has 7 nitrogen and oxygen atoms in total. The first-order valence-corrected chi connectivity index (χ1v) is 10.5. The van der Waals surface area contributed by atoms with E-state index in [-0.39, 0.29) is 5.91 Å². The van der Waals surface area contributed by atoms with Crippen LogP contribution in [0.1, 0.15) is 35.3 Å². The largest absolute Gasteiger partial charge is 0.497 e. The third kappa shape index (κ3) is 5.31. The zero-order chi connectivity index (χ0) is 21.6. The number of aryl methyl sites for hydroxylation is 1. The van der Waals surface area contributed by atoms with Crippen LogP contribution in [0, 0.1) is 6.92 Å². The Morgan fingerprint density at radius 3 is 2.29 bits per heavy atom. The third-order valence-electron chi connectivity index (χ3n) is 5.25. The van der Waals surface area contributed by atoms with Gasteiger partial charge in [-0.25, -0.2) is 4.98 Å². The molecule has 2 heterocycles. The van der Waals surface area contributed by atoms with Crippen LogP contribution in [0.3, 0.4) is 0 Å². The van der Waals surface area contributed by atoms with Gasteiger partial charge >= 0.3 is 0 Å². The smallest absolute Gasteiger partial charge is 0.255 e. The molecule has 1 aliphatic heterocycles. The minimum Gasteiger partial charge on any atom is -0.497 e. The van der Waals surface area contributed by atoms with Gasteiger partial charge in [0.25, 0.3) is 5.91 Å². The standard InChI is InChI=1S/C24H27N5O2/c1-17-16-22(28-24(25-17)29-14-4-3-5-15-29)26-19-8-10-20(11-9-19)27-23(30)18-6-12-21(31-2)13-7-18/h6-13,16H,3-5,14-15H2,1-2H3,(H,27,30)(H,25,26,28). The van der Waals surface area contributed by atoms with E-state index < -0.39 is 0 Å². The van der Waals surface area contributed by atoms with Crippen molar-refractivity contribution in [2.24, 2.45) is 0 Å². The molecule has 0 bridgehead atoms. The first kappa shape index (κ1) is 20.7. The highest BCUT2D eigenvalue weighted by Crippen LogP contribution is 2.22. The molecule has 0 aliphatic carbocycles. The van der Waals surface area contributed by atoms with E-state index >= 15 is 0 Å². The lowest BCUT2D eigenvalue weighted by atomic mass is 10.1. The van der Waals surface area contributed by atoms with E-state index in [9.17, 15) is 4.79 Å². The zero-order valence-electron chi connectivity index (χ0n) is 17.9. The number of carbonyl (C=O) groups is 1. The Morgan fingerprint density at radius 1 is 0.935 bits per heavy atom. The number of amides is 1. The lowest BCUT2D eigenvalue weighted by molar-refractivity contribution is 0.102. The monoisotopic (exact) mass is 417 g/mol. The number of hydrogen-bond donors (Lipinski definition) is 2. The summed E-state index contributed by atoms with van der Waals surface area (Å²) in [6.45, 7) is 4.00. The fraction of sp³-hybridized carbons (Fsp3) is 0.292. The van der Waals surface area contributed by atoms with Crippen LogP contribution in [0.4, 0.5) is 23.1 Å². The Labute approximate surface area is 182 Å². The van der Waals surface area contributed by atoms with Gasteiger partial charge in [0.15, 0.2) is 0 Å². The van der Waals surface area contributed by atoms with Crippen LogP contribution in [0.15, 0.2) is 54.6 Å². The van der Waals surface area contributed by atoms with Crippen molar-refractivity contribution in [3.63, 3.8) is 0 Å². The van der Waals surface area contributed by atoms with Crippen molar-refractivity contribution in [2.75, 3.05) is 35.7 Å². The molecule has 1 aromatic heterocycles. The highest BCUT2D eigenvalue weighted by molar-refractivity contribution is 6.04. The number of nitrogens with zero attached hydrogens (tertiary/aromatic N) is 3. The molecule has 1 saturated heterocycles. The number of piperidine rings is 1. The molecule has 0 saturated carbocycles. The van der Waals surface area contributed by atoms with Crippen molar-refractivity contribution in [3.05, 3.63) is 65.9 Å². The average Bonchev–Trinajstić information content (AvgIpc) is 2.80. The Balaban J connectivity index is 1.41. The van der Waals surface area contributed by atoms with Crippen LogP contribution in [-0.2, 0) is 0 Å². The number of methoxy groups -OCH3 is 1. The molecule has 0 spiro atoms. The molecule has 3 aromatic rings. The normalized spacial score (nSPS) is 13.5. The minimum absolute atomic E-state index is 0.166. The fourth-order valence-electron chi connectivity index (χ4n) is 3.58. The van der Waals surface area contributed by atoms with E-state index in [0.717, 1.165) is 47.7 Å². The van der Waals surface area contributed by atoms with Crippen molar-refractivity contribution >= 4 is 29.0 Å². The third-order valence-corrected chi connectivity index (χ3v) is 5.25. The first-order chi connectivity index (χ1) is 15.1. The summed E-state index contributed by atoms with van der Waals surface area (Å²) < 4.78 is 5.13. The molecular formula is C24H27N5O2. The number of carbonyl (C=O) groups excluding carboxylic acids is 1. The highest BCUT2D eigenvalue weighted by atomic mass is 16.5. The summed E-state index contributed by atoms with van der Waals surface area (Å²) >= 11 is 0. The Hall–Kier alpha value is -3.61. The number of hydrogen-bond acceptors (Lipinski definition) is 6. The van der Waals surface area contributed by atoms with Crippen molar-refractivity contribution in [1.29, 1.82) is 0 Å². The molecule has 1 amide bonds. The van der Waals surface area contributed by atoms with E-state index in [1.807, 2.05) is 37.3 Å². The number of anilines is 4. The van der Waals surface area contributed by atoms with Gasteiger partial charge in [0.1, 0.15) is 11.6 Å². The number of nitrogens with one attached hydrogen (secondary N) is 2. The van der Waals surface area contributed by atoms with Crippen LogP contribution >= 0.6 is 0 Å². The quantitative estimate of drug-likeness (QED) is 0.601. The van der Waals surface area contributed by atoms with Crippen molar-refractivity contribution in [2.45, 2.75) is 26.2 Å². The molecule has 31 heavy (non-hydrogen) atoms. The Bertz CT molecular complexity index is 1030. The molecule has 0 unspecified atom stereocenters. The number of benzene rings is 2. The van der Waals surface area contributed by atoms with Crippen LogP contribution in [0.25, 0.3) is 0 Å². The van der Waals surface area contributed by atoms with Gasteiger partial charge in [0.2, 0.25) is 5.95 Å². The van der Waals surface area contributed by atoms with Gasteiger partial charge < -0.3 is 20.3 Å². The van der Waals surface area contributed by atoms with Gasteiger partial charge in [-0.2, -0.15) is 4.98 Å². The van der Waals surface area contributed by atoms with E-state index in [4.69, 9.17) is 9.72 Å². The molecule has 0 atom stereocenters. The lowest BCUT2D eigenvalue weighted by Crippen LogP contribution is -2.31. The van der Waals surface area contributed by atoms with Gasteiger partial charge in [-0.1, -0.05) is 0 Å². The van der Waals surface area contributed by atoms with Gasteiger partial charge in [0, 0.05) is 41.8 Å². The minimum atomic E-state index is -0.166. The molecule has 7 heteroatoms. The van der Waals surface area contributed by atoms with E-state index in [0.29, 0.717) is 5.56 Å². The molecule has 2 aromatic carbocycles. The van der Waals surface area contributed by atoms with Gasteiger partial charge in [-0.05, 0) is 74.7 Å². The molecule has 4 rings (SSSR count). The first-order valence-electron chi connectivity index (χ1n) is 10.5. The average molecular weight is 418 g/mol. The summed E-state index contributed by atoms with van der Waals surface area (Å²) in [6.07, 6.45) is 3.64. The summed E-state index contributed by atoms with van der Waals surface area (Å²) in [5.41, 5.74) is 3.12. The Kier molecular flexibility index (Phi) is 6.31. The fourth-order valence-corrected chi connectivity index (χ4v) is 3.58. The summed E-state index contributed by atoms with van der Waals surface area (Å²) in [4.78, 5) is 24.0. The van der Waals surface area contributed by atoms with Crippen LogP contribution in [0.2, 0.25) is 0 Å². The predicted octanol–water partition coefficient (Wildman–Crippen LogP) is 4.78. The molecule has 1 aliphatic rings. The molecule has 0 radical (unpaired) electrons. The topological polar surface area (TPSA) is 79.4 Å². The second-order valence-electron chi connectivity index (χ2n) is 7.63. The van der Waals surface area contributed by atoms with Crippen molar-refractivity contribution < 1.29 is 9.53 Å². The van der Waals surface area contributed by atoms with Crippen LogP contribution in [0.5, 0.6) is 5.75 Å². The Morgan fingerprint density at radius 2 is 1.61 bits per heavy atom. The van der Waals surface area contributed by atoms with Gasteiger partial charge in [-0.3, -0.25) is 4.79 Å². The second kappa shape index (κ2) is 9.47. The summed E-state index contributed by atoms with van der Waals surface area (Å²) in [7, 11) is 1.60. The summed E-state index contributed by atoms with van der Waals surface area (Å²) in [5, 5.41) is 6.25. The van der Waals surface area contributed by atoms with Crippen LogP contribution < -0.4 is 20.3 Å². The van der Waals surface area contributed by atoms with Gasteiger partial charge in [0.05, 0.1) is 7.11 Å². The van der Waals surface area contributed by atoms with E-state index in [1.165, 1.54) is 19.3 Å². The molecule has 160 valence electrons. The predicted molar refractivity (Wildman–Crippen MR) is 124 cm³/mol. The van der Waals surface area contributed by atoms with Gasteiger partial charge in [-0.15, -0.1) is 0 Å². The molecule has 1 fully saturated rings. The van der Waals surface area contributed by atoms with E-state index in [2.05, 4.69) is 20.5 Å². The maximum atomic E-state index is 12.4. The number of rotatable bonds is 6. The summed E-state index contributed by atoms with van der Waals surface area (Å²) in [5.74, 6) is 2.10. The lowest BCUT2D eigenvalue weighted by Gasteiger charge is -2.27. The van der Waals surface area contributed by atoms with Crippen molar-refractivity contribution in [3.8, 4) is 5.75 Å². The number of aromatic nitrogens is 2. The highest BCUT2D eigenvalue weighted by Gasteiger charge is 2.15. The maximum absolute atomic E-state index is 12.4.